The van der Waals surface area contributed by atoms with Crippen molar-refractivity contribution >= 4 is 39.4 Å². The number of rotatable bonds is 7. The Kier molecular flexibility index (Phi) is 6.53. The van der Waals surface area contributed by atoms with E-state index in [0.29, 0.717) is 22.5 Å². The number of anilines is 4. The van der Waals surface area contributed by atoms with Crippen molar-refractivity contribution in [1.82, 2.24) is 9.88 Å². The Morgan fingerprint density at radius 2 is 1.81 bits per heavy atom. The minimum atomic E-state index is -0.00859. The monoisotopic (exact) mass is 435 g/mol. The number of carbonyl (C=O) groups is 1. The molecule has 0 bridgehead atoms. The van der Waals surface area contributed by atoms with Crippen molar-refractivity contribution < 1.29 is 4.79 Å². The van der Waals surface area contributed by atoms with Crippen LogP contribution in [0, 0.1) is 0 Å². The van der Waals surface area contributed by atoms with E-state index in [9.17, 15) is 4.79 Å². The summed E-state index contributed by atoms with van der Waals surface area (Å²) in [5.41, 5.74) is 9.17. The normalized spacial score (nSPS) is 14.7. The van der Waals surface area contributed by atoms with Crippen molar-refractivity contribution in [1.29, 1.82) is 0 Å². The average molecular weight is 436 g/mol. The van der Waals surface area contributed by atoms with Gasteiger partial charge in [-0.25, -0.2) is 4.98 Å². The second-order valence-electron chi connectivity index (χ2n) is 8.17. The third-order valence-corrected chi connectivity index (χ3v) is 6.82. The predicted molar refractivity (Wildman–Crippen MR) is 130 cm³/mol. The molecule has 1 aliphatic heterocycles. The van der Waals surface area contributed by atoms with Crippen LogP contribution in [0.2, 0.25) is 0 Å². The highest BCUT2D eigenvalue weighted by Gasteiger charge is 2.21. The molecular weight excluding hydrogens is 406 g/mol. The van der Waals surface area contributed by atoms with Gasteiger partial charge in [-0.3, -0.25) is 4.79 Å². The first-order valence-corrected chi connectivity index (χ1v) is 11.4. The van der Waals surface area contributed by atoms with Crippen molar-refractivity contribution in [3.63, 3.8) is 0 Å². The molecule has 2 aromatic carbocycles. The van der Waals surface area contributed by atoms with Crippen LogP contribution in [0.4, 0.5) is 22.3 Å². The number of hydrogen-bond donors (Lipinski definition) is 2. The lowest BCUT2D eigenvalue weighted by molar-refractivity contribution is 0.0997. The molecule has 1 fully saturated rings. The summed E-state index contributed by atoms with van der Waals surface area (Å²) in [7, 11) is 4.32. The minimum absolute atomic E-state index is 0.00859. The maximum Gasteiger partial charge on any atom is 0.189 e. The van der Waals surface area contributed by atoms with Crippen molar-refractivity contribution in [2.75, 3.05) is 43.1 Å². The lowest BCUT2D eigenvalue weighted by Crippen LogP contribution is -2.41. The second-order valence-corrected chi connectivity index (χ2v) is 9.17. The summed E-state index contributed by atoms with van der Waals surface area (Å²) in [6, 6.07) is 18.7. The van der Waals surface area contributed by atoms with E-state index in [-0.39, 0.29) is 11.6 Å². The van der Waals surface area contributed by atoms with E-state index in [4.69, 9.17) is 5.73 Å². The van der Waals surface area contributed by atoms with Crippen LogP contribution in [-0.2, 0) is 6.42 Å². The number of benzene rings is 2. The number of thiazole rings is 1. The third-order valence-electron chi connectivity index (χ3n) is 5.79. The van der Waals surface area contributed by atoms with Gasteiger partial charge in [-0.1, -0.05) is 41.7 Å². The highest BCUT2D eigenvalue weighted by Crippen LogP contribution is 2.30. The molecule has 1 aromatic heterocycles. The molecule has 7 heteroatoms. The van der Waals surface area contributed by atoms with Gasteiger partial charge in [-0.15, -0.1) is 0 Å². The fourth-order valence-electron chi connectivity index (χ4n) is 3.97. The highest BCUT2D eigenvalue weighted by atomic mass is 32.1. The highest BCUT2D eigenvalue weighted by molar-refractivity contribution is 7.18. The van der Waals surface area contributed by atoms with E-state index in [1.54, 1.807) is 0 Å². The first kappa shape index (κ1) is 21.3. The molecule has 0 atom stereocenters. The Labute approximate surface area is 187 Å². The van der Waals surface area contributed by atoms with Crippen LogP contribution < -0.4 is 16.0 Å². The number of Topliss-reactive ketones (excluding diaryl/α,β-unsaturated/α-hetero) is 1. The number of carbonyl (C=O) groups excluding carboxylic acids is 1. The molecule has 0 radical (unpaired) electrons. The molecule has 31 heavy (non-hydrogen) atoms. The first-order valence-electron chi connectivity index (χ1n) is 10.6. The molecule has 162 valence electrons. The van der Waals surface area contributed by atoms with Crippen molar-refractivity contribution in [2.24, 2.45) is 0 Å². The van der Waals surface area contributed by atoms with E-state index in [1.807, 2.05) is 30.3 Å². The second kappa shape index (κ2) is 9.49. The number of hydrogen-bond acceptors (Lipinski definition) is 7. The zero-order valence-corrected chi connectivity index (χ0v) is 18.9. The Morgan fingerprint density at radius 1 is 1.13 bits per heavy atom. The van der Waals surface area contributed by atoms with Crippen LogP contribution in [0.1, 0.15) is 28.1 Å². The summed E-state index contributed by atoms with van der Waals surface area (Å²) in [5.74, 6) is 0.277. The maximum atomic E-state index is 12.6. The average Bonchev–Trinajstić information content (AvgIpc) is 3.15. The summed E-state index contributed by atoms with van der Waals surface area (Å²) < 4.78 is 0. The molecule has 1 saturated heterocycles. The first-order chi connectivity index (χ1) is 15.0. The van der Waals surface area contributed by atoms with E-state index in [0.717, 1.165) is 24.3 Å². The van der Waals surface area contributed by atoms with Gasteiger partial charge in [0.15, 0.2) is 10.9 Å². The topological polar surface area (TPSA) is 74.5 Å². The van der Waals surface area contributed by atoms with Crippen LogP contribution in [0.5, 0.6) is 0 Å². The van der Waals surface area contributed by atoms with Gasteiger partial charge in [0.05, 0.1) is 0 Å². The van der Waals surface area contributed by atoms with Gasteiger partial charge in [0.25, 0.3) is 0 Å². The van der Waals surface area contributed by atoms with E-state index in [2.05, 4.69) is 58.5 Å². The number of nitrogens with zero attached hydrogens (tertiary/aromatic N) is 3. The molecule has 1 aliphatic rings. The zero-order chi connectivity index (χ0) is 21.8. The van der Waals surface area contributed by atoms with Gasteiger partial charge in [-0.2, -0.15) is 0 Å². The minimum Gasteiger partial charge on any atom is -0.382 e. The summed E-state index contributed by atoms with van der Waals surface area (Å²) in [5, 5.41) is 3.92. The van der Waals surface area contributed by atoms with Crippen molar-refractivity contribution in [3.8, 4) is 0 Å². The Balaban J connectivity index is 1.37. The number of nitrogens with one attached hydrogen (secondary N) is 1. The van der Waals surface area contributed by atoms with Crippen molar-refractivity contribution in [3.05, 3.63) is 65.0 Å². The van der Waals surface area contributed by atoms with Gasteiger partial charge < -0.3 is 20.9 Å². The zero-order valence-electron chi connectivity index (χ0n) is 18.0. The number of aromatic nitrogens is 1. The number of nitrogen functional groups attached to an aromatic ring is 1. The molecule has 0 unspecified atom stereocenters. The molecule has 3 N–H and O–H groups in total. The number of nitrogens with two attached hydrogens (primary N) is 1. The lowest BCUT2D eigenvalue weighted by atomic mass is 10.0. The molecule has 2 heterocycles. The smallest absolute Gasteiger partial charge is 0.189 e. The number of ketones is 1. The largest absolute Gasteiger partial charge is 0.382 e. The van der Waals surface area contributed by atoms with E-state index < -0.39 is 0 Å². The summed E-state index contributed by atoms with van der Waals surface area (Å²) in [4.78, 5) is 22.3. The lowest BCUT2D eigenvalue weighted by Gasteiger charge is -2.36. The summed E-state index contributed by atoms with van der Waals surface area (Å²) in [6.07, 6.45) is 2.70. The van der Waals surface area contributed by atoms with Crippen LogP contribution >= 0.6 is 11.3 Å². The van der Waals surface area contributed by atoms with Gasteiger partial charge in [0, 0.05) is 36.9 Å². The molecule has 0 aliphatic carbocycles. The summed E-state index contributed by atoms with van der Waals surface area (Å²) >= 11 is 1.31. The standard InChI is InChI=1S/C24H29N5OS/c1-28(2)19-12-14-29(15-13-19)20-10-8-18(9-11-20)26-24-27-23(25)22(31-24)21(30)16-17-6-4-3-5-7-17/h3-11,19H,12-16,25H2,1-2H3,(H,26,27). The van der Waals surface area contributed by atoms with E-state index >= 15 is 0 Å². The molecule has 6 nitrogen and oxygen atoms in total. The molecule has 3 aromatic rings. The van der Waals surface area contributed by atoms with E-state index in [1.165, 1.54) is 29.9 Å². The SMILES string of the molecule is CN(C)C1CCN(c2ccc(Nc3nc(N)c(C(=O)Cc4ccccc4)s3)cc2)CC1. The fourth-order valence-corrected chi connectivity index (χ4v) is 4.81. The summed E-state index contributed by atoms with van der Waals surface area (Å²) in [6.45, 7) is 2.15. The molecule has 0 saturated carbocycles. The van der Waals surface area contributed by atoms with Crippen molar-refractivity contribution in [2.45, 2.75) is 25.3 Å². The van der Waals surface area contributed by atoms with Gasteiger partial charge in [0.1, 0.15) is 10.7 Å². The Morgan fingerprint density at radius 3 is 2.45 bits per heavy atom. The van der Waals surface area contributed by atoms with Gasteiger partial charge in [0.2, 0.25) is 0 Å². The quantitative estimate of drug-likeness (QED) is 0.535. The number of piperidine rings is 1. The van der Waals surface area contributed by atoms with Crippen LogP contribution in [0.3, 0.4) is 0 Å². The van der Waals surface area contributed by atoms with Gasteiger partial charge in [-0.05, 0) is 56.8 Å². The maximum absolute atomic E-state index is 12.6. The van der Waals surface area contributed by atoms with Crippen LogP contribution in [0.25, 0.3) is 0 Å². The molecular formula is C24H29N5OS. The third kappa shape index (κ3) is 5.24. The Bertz CT molecular complexity index is 1010. The molecule has 0 spiro atoms. The predicted octanol–water partition coefficient (Wildman–Crippen LogP) is 4.42. The molecule has 4 rings (SSSR count). The van der Waals surface area contributed by atoms with Crippen LogP contribution in [-0.4, -0.2) is 48.9 Å². The fraction of sp³-hybridized carbons (Fsp3) is 0.333. The van der Waals surface area contributed by atoms with Crippen LogP contribution in [0.15, 0.2) is 54.6 Å². The Hall–Kier alpha value is -2.90. The molecule has 0 amide bonds. The van der Waals surface area contributed by atoms with Gasteiger partial charge >= 0.3 is 0 Å².